The Morgan fingerprint density at radius 2 is 2.07 bits per heavy atom. The van der Waals surface area contributed by atoms with Crippen molar-refractivity contribution < 1.29 is 27.5 Å². The van der Waals surface area contributed by atoms with Crippen LogP contribution in [0.5, 0.6) is 0 Å². The molecule has 4 nitrogen and oxygen atoms in total. The van der Waals surface area contributed by atoms with E-state index < -0.39 is 23.2 Å². The summed E-state index contributed by atoms with van der Waals surface area (Å²) < 4.78 is 41.5. The maximum absolute atomic E-state index is 12.5. The standard InChI is InChI=1S/C6H7F3NO3P/c1-2-3(13-10)5(14,6(7,8)9)12-4(2)11/h10,14H2,1H3. The number of alkyl halides is 3. The van der Waals surface area contributed by atoms with Crippen LogP contribution in [0.4, 0.5) is 13.2 Å². The van der Waals surface area contributed by atoms with Gasteiger partial charge in [0.2, 0.25) is 0 Å². The molecule has 1 heterocycles. The van der Waals surface area contributed by atoms with Gasteiger partial charge in [-0.3, -0.25) is 0 Å². The van der Waals surface area contributed by atoms with Crippen molar-refractivity contribution in [2.24, 2.45) is 5.90 Å². The number of hydrogen-bond acceptors (Lipinski definition) is 4. The third kappa shape index (κ3) is 1.36. The molecule has 2 atom stereocenters. The summed E-state index contributed by atoms with van der Waals surface area (Å²) in [6, 6.07) is 0. The summed E-state index contributed by atoms with van der Waals surface area (Å²) in [4.78, 5) is 14.9. The first-order chi connectivity index (χ1) is 6.24. The van der Waals surface area contributed by atoms with Gasteiger partial charge in [0.05, 0.1) is 5.57 Å². The monoisotopic (exact) mass is 229 g/mol. The summed E-state index contributed by atoms with van der Waals surface area (Å²) in [5, 5.41) is -2.86. The molecule has 0 aromatic rings. The summed E-state index contributed by atoms with van der Waals surface area (Å²) in [6.45, 7) is 1.14. The minimum Gasteiger partial charge on any atom is -0.433 e. The minimum absolute atomic E-state index is 0.292. The molecular formula is C6H7F3NO3P. The van der Waals surface area contributed by atoms with Crippen LogP contribution in [-0.2, 0) is 14.4 Å². The maximum atomic E-state index is 12.5. The molecule has 2 N–H and O–H groups in total. The molecule has 14 heavy (non-hydrogen) atoms. The smallest absolute Gasteiger partial charge is 0.433 e. The lowest BCUT2D eigenvalue weighted by Gasteiger charge is -2.26. The lowest BCUT2D eigenvalue weighted by Crippen LogP contribution is -2.42. The van der Waals surface area contributed by atoms with Gasteiger partial charge in [-0.2, -0.15) is 19.1 Å². The topological polar surface area (TPSA) is 61.6 Å². The molecule has 0 radical (unpaired) electrons. The highest BCUT2D eigenvalue weighted by atomic mass is 31.0. The van der Waals surface area contributed by atoms with Crippen molar-refractivity contribution in [2.45, 2.75) is 18.4 Å². The number of hydrogen-bond donors (Lipinski definition) is 1. The van der Waals surface area contributed by atoms with E-state index in [2.05, 4.69) is 15.5 Å². The largest absolute Gasteiger partial charge is 0.439 e. The number of nitrogens with two attached hydrogens (primary N) is 1. The molecule has 2 unspecified atom stereocenters. The van der Waals surface area contributed by atoms with Crippen LogP contribution in [0.25, 0.3) is 0 Å². The van der Waals surface area contributed by atoms with Crippen molar-refractivity contribution in [2.75, 3.05) is 0 Å². The fourth-order valence-corrected chi connectivity index (χ4v) is 1.39. The van der Waals surface area contributed by atoms with Crippen molar-refractivity contribution in [1.82, 2.24) is 0 Å². The molecule has 8 heteroatoms. The fourth-order valence-electron chi connectivity index (χ4n) is 1.00. The number of cyclic esters (lactones) is 1. The highest BCUT2D eigenvalue weighted by Crippen LogP contribution is 2.49. The highest BCUT2D eigenvalue weighted by Gasteiger charge is 2.63. The number of esters is 1. The number of carbonyl (C=O) groups excluding carboxylic acids is 1. The van der Waals surface area contributed by atoms with Crippen LogP contribution in [0.1, 0.15) is 6.92 Å². The normalized spacial score (nSPS) is 28.0. The van der Waals surface area contributed by atoms with E-state index in [9.17, 15) is 18.0 Å². The lowest BCUT2D eigenvalue weighted by atomic mass is 10.2. The van der Waals surface area contributed by atoms with Crippen molar-refractivity contribution in [3.8, 4) is 0 Å². The predicted octanol–water partition coefficient (Wildman–Crippen LogP) is 0.841. The Morgan fingerprint density at radius 3 is 2.36 bits per heavy atom. The van der Waals surface area contributed by atoms with E-state index in [1.54, 1.807) is 0 Å². The third-order valence-electron chi connectivity index (χ3n) is 1.78. The second-order valence-corrected chi connectivity index (χ2v) is 3.51. The van der Waals surface area contributed by atoms with Crippen molar-refractivity contribution in [3.05, 3.63) is 11.3 Å². The summed E-state index contributed by atoms with van der Waals surface area (Å²) in [5.41, 5.74) is -0.292. The van der Waals surface area contributed by atoms with Gasteiger partial charge < -0.3 is 9.57 Å². The SMILES string of the molecule is CC1=C(ON)C(P)(C(F)(F)F)OC1=O. The molecule has 1 aliphatic rings. The van der Waals surface area contributed by atoms with Crippen LogP contribution < -0.4 is 5.90 Å². The molecule has 0 aromatic carbocycles. The highest BCUT2D eigenvalue weighted by molar-refractivity contribution is 7.19. The summed E-state index contributed by atoms with van der Waals surface area (Å²) in [5.74, 6) is 2.82. The Bertz CT molecular complexity index is 314. The minimum atomic E-state index is -4.79. The van der Waals surface area contributed by atoms with Gasteiger partial charge in [0, 0.05) is 0 Å². The molecule has 0 bridgehead atoms. The Hall–Kier alpha value is -0.810. The first-order valence-corrected chi connectivity index (χ1v) is 3.99. The van der Waals surface area contributed by atoms with Crippen molar-refractivity contribution in [3.63, 3.8) is 0 Å². The van der Waals surface area contributed by atoms with E-state index >= 15 is 0 Å². The van der Waals surface area contributed by atoms with Crippen LogP contribution in [0.2, 0.25) is 0 Å². The second-order valence-electron chi connectivity index (χ2n) is 2.69. The quantitative estimate of drug-likeness (QED) is 0.411. The zero-order valence-corrected chi connectivity index (χ0v) is 8.17. The van der Waals surface area contributed by atoms with Crippen LogP contribution in [-0.4, -0.2) is 17.5 Å². The molecule has 80 valence electrons. The molecule has 0 spiro atoms. The fraction of sp³-hybridized carbons (Fsp3) is 0.500. The Labute approximate surface area is 79.4 Å². The van der Waals surface area contributed by atoms with E-state index in [0.717, 1.165) is 6.92 Å². The molecule has 0 saturated carbocycles. The maximum Gasteiger partial charge on any atom is 0.439 e. The van der Waals surface area contributed by atoms with E-state index in [1.807, 2.05) is 0 Å². The first-order valence-electron chi connectivity index (χ1n) is 3.41. The molecule has 0 fully saturated rings. The molecule has 0 amide bonds. The average molecular weight is 229 g/mol. The van der Waals surface area contributed by atoms with E-state index in [0.29, 0.717) is 0 Å². The number of ether oxygens (including phenoxy) is 1. The van der Waals surface area contributed by atoms with Crippen molar-refractivity contribution in [1.29, 1.82) is 0 Å². The number of halogens is 3. The first kappa shape index (κ1) is 11.3. The number of rotatable bonds is 1. The Morgan fingerprint density at radius 1 is 1.57 bits per heavy atom. The van der Waals surface area contributed by atoms with Gasteiger partial charge in [0.1, 0.15) is 0 Å². The summed E-state index contributed by atoms with van der Waals surface area (Å²) >= 11 is 0. The molecular weight excluding hydrogens is 222 g/mol. The van der Waals surface area contributed by atoms with E-state index in [-0.39, 0.29) is 5.57 Å². The van der Waals surface area contributed by atoms with E-state index in [4.69, 9.17) is 0 Å². The van der Waals surface area contributed by atoms with E-state index in [1.165, 1.54) is 9.24 Å². The third-order valence-corrected chi connectivity index (χ3v) is 2.48. The van der Waals surface area contributed by atoms with Gasteiger partial charge in [-0.25, -0.2) is 4.79 Å². The molecule has 1 rings (SSSR count). The van der Waals surface area contributed by atoms with Gasteiger partial charge in [0.15, 0.2) is 5.76 Å². The van der Waals surface area contributed by atoms with Gasteiger partial charge in [-0.15, -0.1) is 0 Å². The second kappa shape index (κ2) is 3.10. The van der Waals surface area contributed by atoms with Gasteiger partial charge in [-0.1, -0.05) is 9.24 Å². The van der Waals surface area contributed by atoms with Gasteiger partial charge >= 0.3 is 12.1 Å². The zero-order valence-electron chi connectivity index (χ0n) is 7.01. The van der Waals surface area contributed by atoms with Gasteiger partial charge in [0.25, 0.3) is 5.34 Å². The summed E-state index contributed by atoms with van der Waals surface area (Å²) in [6.07, 6.45) is -4.79. The molecule has 0 saturated heterocycles. The number of carbonyl (C=O) groups is 1. The average Bonchev–Trinajstić information content (AvgIpc) is 2.23. The van der Waals surface area contributed by atoms with Crippen LogP contribution in [0, 0.1) is 0 Å². The van der Waals surface area contributed by atoms with Crippen molar-refractivity contribution >= 4 is 15.2 Å². The molecule has 1 aliphatic heterocycles. The summed E-state index contributed by atoms with van der Waals surface area (Å²) in [7, 11) is 1.38. The predicted molar refractivity (Wildman–Crippen MR) is 42.6 cm³/mol. The Balaban J connectivity index is 3.23. The van der Waals surface area contributed by atoms with Crippen LogP contribution in [0.3, 0.4) is 0 Å². The van der Waals surface area contributed by atoms with Crippen LogP contribution >= 0.6 is 9.24 Å². The lowest BCUT2D eigenvalue weighted by molar-refractivity contribution is -0.225. The zero-order chi connectivity index (χ0) is 11.1. The molecule has 0 aliphatic carbocycles. The van der Waals surface area contributed by atoms with Crippen LogP contribution in [0.15, 0.2) is 11.3 Å². The van der Waals surface area contributed by atoms with Gasteiger partial charge in [-0.05, 0) is 6.92 Å². The molecule has 0 aromatic heterocycles. The Kier molecular flexibility index (Phi) is 2.49.